The predicted molar refractivity (Wildman–Crippen MR) is 116 cm³/mol. The van der Waals surface area contributed by atoms with Crippen LogP contribution in [0.25, 0.3) is 0 Å². The van der Waals surface area contributed by atoms with Gasteiger partial charge in [-0.3, -0.25) is 4.99 Å². The van der Waals surface area contributed by atoms with Gasteiger partial charge >= 0.3 is 0 Å². The number of hydrogen-bond acceptors (Lipinski definition) is 4. The van der Waals surface area contributed by atoms with E-state index < -0.39 is 0 Å². The van der Waals surface area contributed by atoms with Crippen LogP contribution in [0.2, 0.25) is 0 Å². The first-order valence-corrected chi connectivity index (χ1v) is 10.2. The van der Waals surface area contributed by atoms with Crippen molar-refractivity contribution < 1.29 is 14.2 Å². The van der Waals surface area contributed by atoms with Gasteiger partial charge in [-0.2, -0.15) is 0 Å². The van der Waals surface area contributed by atoms with Crippen LogP contribution in [0.4, 0.5) is 0 Å². The van der Waals surface area contributed by atoms with Gasteiger partial charge in [-0.25, -0.2) is 0 Å². The average molecular weight is 398 g/mol. The van der Waals surface area contributed by atoms with Crippen molar-refractivity contribution in [2.75, 3.05) is 40.5 Å². The number of rotatable bonds is 8. The number of guanidine groups is 1. The molecule has 2 aromatic carbocycles. The molecule has 0 saturated carbocycles. The van der Waals surface area contributed by atoms with E-state index in [9.17, 15) is 0 Å². The zero-order chi connectivity index (χ0) is 20.3. The first-order valence-electron chi connectivity index (χ1n) is 10.2. The Kier molecular flexibility index (Phi) is 8.19. The molecule has 0 bridgehead atoms. The molecule has 1 N–H and O–H groups in total. The van der Waals surface area contributed by atoms with Gasteiger partial charge < -0.3 is 24.4 Å². The average Bonchev–Trinajstić information content (AvgIpc) is 2.76. The highest BCUT2D eigenvalue weighted by atomic mass is 16.5. The van der Waals surface area contributed by atoms with Gasteiger partial charge in [0.1, 0.15) is 24.2 Å². The van der Waals surface area contributed by atoms with Gasteiger partial charge in [0.2, 0.25) is 0 Å². The second-order valence-electron chi connectivity index (χ2n) is 7.01. The lowest BCUT2D eigenvalue weighted by Crippen LogP contribution is -2.47. The van der Waals surface area contributed by atoms with Gasteiger partial charge in [-0.1, -0.05) is 30.3 Å². The Morgan fingerprint density at radius 1 is 1.03 bits per heavy atom. The summed E-state index contributed by atoms with van der Waals surface area (Å²) in [5, 5.41) is 3.47. The lowest BCUT2D eigenvalue weighted by Gasteiger charge is -2.34. The number of para-hydroxylation sites is 1. The molecule has 0 aliphatic carbocycles. The number of hydrogen-bond donors (Lipinski definition) is 1. The molecule has 0 radical (unpaired) electrons. The zero-order valence-corrected chi connectivity index (χ0v) is 17.3. The topological polar surface area (TPSA) is 55.3 Å². The number of nitrogens with zero attached hydrogens (tertiary/aromatic N) is 2. The van der Waals surface area contributed by atoms with E-state index in [2.05, 4.69) is 27.3 Å². The Morgan fingerprint density at radius 3 is 2.52 bits per heavy atom. The molecule has 0 aromatic heterocycles. The fourth-order valence-corrected chi connectivity index (χ4v) is 3.38. The van der Waals surface area contributed by atoms with Gasteiger partial charge in [0, 0.05) is 46.6 Å². The minimum absolute atomic E-state index is 0.257. The van der Waals surface area contributed by atoms with E-state index in [-0.39, 0.29) is 6.10 Å². The van der Waals surface area contributed by atoms with Crippen LogP contribution < -0.4 is 14.8 Å². The van der Waals surface area contributed by atoms with E-state index in [0.29, 0.717) is 19.8 Å². The van der Waals surface area contributed by atoms with E-state index in [1.54, 1.807) is 7.11 Å². The Balaban J connectivity index is 1.46. The van der Waals surface area contributed by atoms with Crippen molar-refractivity contribution in [1.29, 1.82) is 0 Å². The van der Waals surface area contributed by atoms with Gasteiger partial charge in [-0.15, -0.1) is 0 Å². The molecule has 0 atom stereocenters. The van der Waals surface area contributed by atoms with Crippen LogP contribution in [0.15, 0.2) is 59.6 Å². The Bertz CT molecular complexity index is 759. The molecule has 1 saturated heterocycles. The highest BCUT2D eigenvalue weighted by molar-refractivity contribution is 5.80. The summed E-state index contributed by atoms with van der Waals surface area (Å²) >= 11 is 0. The molecule has 2 aromatic rings. The minimum Gasteiger partial charge on any atom is -0.491 e. The van der Waals surface area contributed by atoms with Crippen molar-refractivity contribution in [3.05, 3.63) is 60.2 Å². The summed E-state index contributed by atoms with van der Waals surface area (Å²) in [5.41, 5.74) is 1.16. The van der Waals surface area contributed by atoms with Crippen molar-refractivity contribution in [3.63, 3.8) is 0 Å². The monoisotopic (exact) mass is 397 g/mol. The van der Waals surface area contributed by atoms with E-state index >= 15 is 0 Å². The number of aliphatic imine (C=N–C) groups is 1. The lowest BCUT2D eigenvalue weighted by atomic mass is 10.1. The van der Waals surface area contributed by atoms with Crippen molar-refractivity contribution in [3.8, 4) is 11.5 Å². The number of nitrogens with one attached hydrogen (secondary N) is 1. The summed E-state index contributed by atoms with van der Waals surface area (Å²) in [6.45, 7) is 3.69. The van der Waals surface area contributed by atoms with Crippen LogP contribution >= 0.6 is 0 Å². The molecule has 3 rings (SSSR count). The number of methoxy groups -OCH3 is 1. The third-order valence-electron chi connectivity index (χ3n) is 4.90. The Hall–Kier alpha value is -2.73. The number of piperidine rings is 1. The maximum absolute atomic E-state index is 6.09. The molecule has 6 heteroatoms. The molecule has 1 heterocycles. The van der Waals surface area contributed by atoms with Crippen LogP contribution in [0, 0.1) is 0 Å². The molecular formula is C23H31N3O3. The fourth-order valence-electron chi connectivity index (χ4n) is 3.38. The summed E-state index contributed by atoms with van der Waals surface area (Å²) < 4.78 is 16.8. The first-order chi connectivity index (χ1) is 14.3. The second-order valence-corrected chi connectivity index (χ2v) is 7.01. The van der Waals surface area contributed by atoms with Gasteiger partial charge in [0.25, 0.3) is 0 Å². The SMILES string of the molecule is CN=C(NCc1cccc(OCCOC)c1)N1CCC(Oc2ccccc2)CC1. The first kappa shape index (κ1) is 21.0. The smallest absolute Gasteiger partial charge is 0.193 e. The quantitative estimate of drug-likeness (QED) is 0.421. The summed E-state index contributed by atoms with van der Waals surface area (Å²) in [6.07, 6.45) is 2.23. The highest BCUT2D eigenvalue weighted by Gasteiger charge is 2.22. The van der Waals surface area contributed by atoms with Crippen LogP contribution in [-0.4, -0.2) is 57.4 Å². The van der Waals surface area contributed by atoms with Crippen LogP contribution in [0.3, 0.4) is 0 Å². The van der Waals surface area contributed by atoms with E-state index in [0.717, 1.165) is 49.0 Å². The molecule has 1 fully saturated rings. The third-order valence-corrected chi connectivity index (χ3v) is 4.90. The van der Waals surface area contributed by atoms with Crippen molar-refractivity contribution in [2.45, 2.75) is 25.5 Å². The molecule has 156 valence electrons. The van der Waals surface area contributed by atoms with Crippen molar-refractivity contribution >= 4 is 5.96 Å². The fraction of sp³-hybridized carbons (Fsp3) is 0.435. The Labute approximate surface area is 173 Å². The van der Waals surface area contributed by atoms with E-state index in [1.165, 1.54) is 0 Å². The van der Waals surface area contributed by atoms with Crippen molar-refractivity contribution in [1.82, 2.24) is 10.2 Å². The standard InChI is InChI=1S/C23H31N3O3/c1-24-23(25-18-19-7-6-10-22(17-19)28-16-15-27-2)26-13-11-21(12-14-26)29-20-8-4-3-5-9-20/h3-10,17,21H,11-16,18H2,1-2H3,(H,24,25). The predicted octanol–water partition coefficient (Wildman–Crippen LogP) is 3.33. The molecule has 0 spiro atoms. The van der Waals surface area contributed by atoms with Crippen LogP contribution in [-0.2, 0) is 11.3 Å². The summed E-state index contributed by atoms with van der Waals surface area (Å²) in [4.78, 5) is 6.76. The maximum atomic E-state index is 6.09. The van der Waals surface area contributed by atoms with Gasteiger partial charge in [-0.05, 0) is 29.8 Å². The number of ether oxygens (including phenoxy) is 3. The molecule has 0 unspecified atom stereocenters. The second kappa shape index (κ2) is 11.3. The number of likely N-dealkylation sites (tertiary alicyclic amines) is 1. The lowest BCUT2D eigenvalue weighted by molar-refractivity contribution is 0.129. The third kappa shape index (κ3) is 6.68. The van der Waals surface area contributed by atoms with Crippen LogP contribution in [0.1, 0.15) is 18.4 Å². The molecular weight excluding hydrogens is 366 g/mol. The van der Waals surface area contributed by atoms with Gasteiger partial charge in [0.05, 0.1) is 6.61 Å². The minimum atomic E-state index is 0.257. The normalized spacial score (nSPS) is 15.2. The summed E-state index contributed by atoms with van der Waals surface area (Å²) in [6, 6.07) is 18.2. The molecule has 1 aliphatic rings. The van der Waals surface area contributed by atoms with Crippen LogP contribution in [0.5, 0.6) is 11.5 Å². The summed E-state index contributed by atoms with van der Waals surface area (Å²) in [5.74, 6) is 2.73. The Morgan fingerprint density at radius 2 is 1.79 bits per heavy atom. The molecule has 0 amide bonds. The van der Waals surface area contributed by atoms with E-state index in [4.69, 9.17) is 14.2 Å². The largest absolute Gasteiger partial charge is 0.491 e. The summed E-state index contributed by atoms with van der Waals surface area (Å²) in [7, 11) is 3.51. The number of benzene rings is 2. The molecule has 29 heavy (non-hydrogen) atoms. The van der Waals surface area contributed by atoms with Gasteiger partial charge in [0.15, 0.2) is 5.96 Å². The maximum Gasteiger partial charge on any atom is 0.193 e. The molecule has 6 nitrogen and oxygen atoms in total. The zero-order valence-electron chi connectivity index (χ0n) is 17.3. The highest BCUT2D eigenvalue weighted by Crippen LogP contribution is 2.19. The van der Waals surface area contributed by atoms with E-state index in [1.807, 2.05) is 49.5 Å². The van der Waals surface area contributed by atoms with Crippen molar-refractivity contribution in [2.24, 2.45) is 4.99 Å². The molecule has 1 aliphatic heterocycles.